The summed E-state index contributed by atoms with van der Waals surface area (Å²) in [6.45, 7) is 3.37. The van der Waals surface area contributed by atoms with Gasteiger partial charge >= 0.3 is 0 Å². The molecule has 3 aliphatic rings. The van der Waals surface area contributed by atoms with Crippen LogP contribution in [0.1, 0.15) is 38.3 Å². The molecule has 8 heteroatoms. The number of rotatable bonds is 5. The Morgan fingerprint density at radius 2 is 1.50 bits per heavy atom. The van der Waals surface area contributed by atoms with Crippen molar-refractivity contribution < 1.29 is 19.2 Å². The van der Waals surface area contributed by atoms with E-state index in [1.54, 1.807) is 12.1 Å². The number of amides is 3. The lowest BCUT2D eigenvalue weighted by Gasteiger charge is -2.31. The Labute approximate surface area is 207 Å². The van der Waals surface area contributed by atoms with Crippen LogP contribution in [0.3, 0.4) is 0 Å². The first-order valence-electron chi connectivity index (χ1n) is 11.1. The summed E-state index contributed by atoms with van der Waals surface area (Å²) in [5, 5.41) is 2.29. The molecular formula is C26H22Cl2N2O4. The van der Waals surface area contributed by atoms with Gasteiger partial charge in [-0.15, -0.1) is 0 Å². The number of ketones is 1. The standard InChI is InChI=1S/C26H22Cl2N2O4/c1-13-3-4-15(9-14(13)2)21(31)12-29(24(32)18-7-8-19(27)20(28)11-18)30-25(33)22-16-5-6-17(10-16)23(22)26(30)34/h3-9,11,16-17,22-23H,10,12H2,1-2H3/t16-,17-,22+,23+/m0/s1. The van der Waals surface area contributed by atoms with E-state index >= 15 is 0 Å². The Balaban J connectivity index is 1.52. The van der Waals surface area contributed by atoms with Crippen LogP contribution in [0.2, 0.25) is 10.0 Å². The largest absolute Gasteiger partial charge is 0.292 e. The molecule has 4 atom stereocenters. The Morgan fingerprint density at radius 3 is 2.09 bits per heavy atom. The van der Waals surface area contributed by atoms with Crippen molar-refractivity contribution in [2.45, 2.75) is 20.3 Å². The minimum Gasteiger partial charge on any atom is -0.292 e. The van der Waals surface area contributed by atoms with Crippen molar-refractivity contribution in [1.82, 2.24) is 10.0 Å². The van der Waals surface area contributed by atoms with Crippen molar-refractivity contribution >= 4 is 46.7 Å². The van der Waals surface area contributed by atoms with Gasteiger partial charge in [-0.2, -0.15) is 5.01 Å². The first-order chi connectivity index (χ1) is 16.2. The van der Waals surface area contributed by atoms with E-state index in [4.69, 9.17) is 23.2 Å². The van der Waals surface area contributed by atoms with Crippen molar-refractivity contribution in [2.24, 2.45) is 23.7 Å². The zero-order valence-electron chi connectivity index (χ0n) is 18.6. The molecule has 0 N–H and O–H groups in total. The molecule has 2 aliphatic carbocycles. The summed E-state index contributed by atoms with van der Waals surface area (Å²) in [5.41, 5.74) is 2.48. The molecule has 0 unspecified atom stereocenters. The fourth-order valence-electron chi connectivity index (χ4n) is 5.28. The van der Waals surface area contributed by atoms with Gasteiger partial charge in [0.2, 0.25) is 0 Å². The lowest BCUT2D eigenvalue weighted by molar-refractivity contribution is -0.154. The quantitative estimate of drug-likeness (QED) is 0.342. The van der Waals surface area contributed by atoms with E-state index in [-0.39, 0.29) is 33.2 Å². The Bertz CT molecular complexity index is 1260. The highest BCUT2D eigenvalue weighted by Gasteiger charge is 2.61. The molecule has 2 aromatic carbocycles. The Morgan fingerprint density at radius 1 is 0.882 bits per heavy atom. The normalized spacial score (nSPS) is 24.6. The molecule has 1 saturated carbocycles. The third-order valence-electron chi connectivity index (χ3n) is 7.21. The zero-order chi connectivity index (χ0) is 24.3. The van der Waals surface area contributed by atoms with Crippen LogP contribution in [0.5, 0.6) is 0 Å². The summed E-state index contributed by atoms with van der Waals surface area (Å²) in [6.07, 6.45) is 4.72. The van der Waals surface area contributed by atoms with Gasteiger partial charge in [-0.05, 0) is 67.5 Å². The molecule has 174 valence electrons. The second-order valence-electron chi connectivity index (χ2n) is 9.20. The first-order valence-corrected chi connectivity index (χ1v) is 11.9. The van der Waals surface area contributed by atoms with Gasteiger partial charge in [-0.1, -0.05) is 47.5 Å². The van der Waals surface area contributed by atoms with Gasteiger partial charge in [0, 0.05) is 11.1 Å². The van der Waals surface area contributed by atoms with Gasteiger partial charge in [0.05, 0.1) is 21.9 Å². The van der Waals surface area contributed by atoms with Gasteiger partial charge in [0.1, 0.15) is 6.54 Å². The van der Waals surface area contributed by atoms with E-state index in [0.29, 0.717) is 5.56 Å². The number of fused-ring (bicyclic) bond motifs is 5. The number of allylic oxidation sites excluding steroid dienone is 2. The van der Waals surface area contributed by atoms with Crippen LogP contribution in [0.4, 0.5) is 0 Å². The molecular weight excluding hydrogens is 475 g/mol. The maximum Gasteiger partial charge on any atom is 0.273 e. The molecule has 2 fully saturated rings. The van der Waals surface area contributed by atoms with Crippen LogP contribution in [0.25, 0.3) is 0 Å². The van der Waals surface area contributed by atoms with Gasteiger partial charge in [-0.3, -0.25) is 19.2 Å². The minimum absolute atomic E-state index is 0.0196. The van der Waals surface area contributed by atoms with Crippen LogP contribution in [0, 0.1) is 37.5 Å². The molecule has 0 aromatic heterocycles. The second kappa shape index (κ2) is 8.36. The van der Waals surface area contributed by atoms with E-state index in [0.717, 1.165) is 27.6 Å². The van der Waals surface area contributed by atoms with Gasteiger partial charge in [-0.25, -0.2) is 5.01 Å². The molecule has 2 bridgehead atoms. The van der Waals surface area contributed by atoms with E-state index in [2.05, 4.69) is 0 Å². The molecule has 1 aliphatic heterocycles. The fourth-order valence-corrected chi connectivity index (χ4v) is 5.58. The van der Waals surface area contributed by atoms with Crippen LogP contribution < -0.4 is 0 Å². The highest BCUT2D eigenvalue weighted by atomic mass is 35.5. The topological polar surface area (TPSA) is 74.8 Å². The summed E-state index contributed by atoms with van der Waals surface area (Å²) < 4.78 is 0. The molecule has 3 amide bonds. The van der Waals surface area contributed by atoms with Crippen molar-refractivity contribution in [1.29, 1.82) is 0 Å². The van der Waals surface area contributed by atoms with E-state index in [1.165, 1.54) is 18.2 Å². The number of nitrogens with zero attached hydrogens (tertiary/aromatic N) is 2. The number of carbonyl (C=O) groups is 4. The number of imide groups is 1. The number of hydrazine groups is 1. The van der Waals surface area contributed by atoms with Gasteiger partial charge in [0.25, 0.3) is 17.7 Å². The third-order valence-corrected chi connectivity index (χ3v) is 7.95. The van der Waals surface area contributed by atoms with Crippen molar-refractivity contribution in [3.63, 3.8) is 0 Å². The highest BCUT2D eigenvalue weighted by Crippen LogP contribution is 2.52. The SMILES string of the molecule is Cc1ccc(C(=O)CN(C(=O)c2ccc(Cl)c(Cl)c2)N2C(=O)[C@H]3[C@H](C2=O)[C@H]2C=C[C@H]3C2)cc1C. The lowest BCUT2D eigenvalue weighted by Crippen LogP contribution is -2.52. The summed E-state index contributed by atoms with van der Waals surface area (Å²) in [7, 11) is 0. The molecule has 6 nitrogen and oxygen atoms in total. The molecule has 0 spiro atoms. The maximum atomic E-state index is 13.6. The summed E-state index contributed by atoms with van der Waals surface area (Å²) >= 11 is 12.1. The predicted octanol–water partition coefficient (Wildman–Crippen LogP) is 4.66. The van der Waals surface area contributed by atoms with Gasteiger partial charge < -0.3 is 0 Å². The maximum absolute atomic E-state index is 13.6. The number of halogens is 2. The molecule has 5 rings (SSSR count). The van der Waals surface area contributed by atoms with E-state index < -0.39 is 36.1 Å². The summed E-state index contributed by atoms with van der Waals surface area (Å²) in [4.78, 5) is 53.7. The fraction of sp³-hybridized carbons (Fsp3) is 0.308. The number of carbonyl (C=O) groups excluding carboxylic acids is 4. The van der Waals surface area contributed by atoms with E-state index in [9.17, 15) is 19.2 Å². The minimum atomic E-state index is -0.669. The molecule has 1 heterocycles. The molecule has 1 saturated heterocycles. The molecule has 34 heavy (non-hydrogen) atoms. The second-order valence-corrected chi connectivity index (χ2v) is 10.0. The first kappa shape index (κ1) is 22.8. The zero-order valence-corrected chi connectivity index (χ0v) is 20.1. The summed E-state index contributed by atoms with van der Waals surface area (Å²) in [6, 6.07) is 9.55. The predicted molar refractivity (Wildman–Crippen MR) is 127 cm³/mol. The van der Waals surface area contributed by atoms with E-state index in [1.807, 2.05) is 32.1 Å². The smallest absolute Gasteiger partial charge is 0.273 e. The van der Waals surface area contributed by atoms with Crippen molar-refractivity contribution in [3.8, 4) is 0 Å². The Kier molecular flexibility index (Phi) is 5.61. The average molecular weight is 497 g/mol. The van der Waals surface area contributed by atoms with Crippen LogP contribution in [-0.4, -0.2) is 40.1 Å². The van der Waals surface area contributed by atoms with Crippen LogP contribution in [-0.2, 0) is 9.59 Å². The number of Topliss-reactive ketones (excluding diaryl/α,β-unsaturated/α-hetero) is 1. The number of benzene rings is 2. The highest BCUT2D eigenvalue weighted by molar-refractivity contribution is 6.42. The number of aryl methyl sites for hydroxylation is 2. The average Bonchev–Trinajstić information content (AvgIpc) is 3.49. The van der Waals surface area contributed by atoms with Crippen molar-refractivity contribution in [2.75, 3.05) is 6.54 Å². The number of hydrogen-bond acceptors (Lipinski definition) is 4. The third kappa shape index (κ3) is 3.56. The Hall–Kier alpha value is -2.96. The van der Waals surface area contributed by atoms with Crippen LogP contribution in [0.15, 0.2) is 48.6 Å². The lowest BCUT2D eigenvalue weighted by atomic mass is 9.85. The van der Waals surface area contributed by atoms with Gasteiger partial charge in [0.15, 0.2) is 5.78 Å². The molecule has 0 radical (unpaired) electrons. The van der Waals surface area contributed by atoms with Crippen molar-refractivity contribution in [3.05, 3.63) is 80.8 Å². The number of hydrogen-bond donors (Lipinski definition) is 0. The molecule has 2 aromatic rings. The monoisotopic (exact) mass is 496 g/mol. The van der Waals surface area contributed by atoms with Crippen LogP contribution >= 0.6 is 23.2 Å². The summed E-state index contributed by atoms with van der Waals surface area (Å²) in [5.74, 6) is -2.95.